The Labute approximate surface area is 90.0 Å². The molecule has 0 bridgehead atoms. The summed E-state index contributed by atoms with van der Waals surface area (Å²) in [4.78, 5) is 11.5. The van der Waals surface area contributed by atoms with Gasteiger partial charge in [0, 0.05) is 11.8 Å². The first-order valence-electron chi connectivity index (χ1n) is 5.28. The molecule has 0 amide bonds. The van der Waals surface area contributed by atoms with Gasteiger partial charge in [0.05, 0.1) is 6.61 Å². The van der Waals surface area contributed by atoms with Crippen molar-refractivity contribution < 1.29 is 9.53 Å². The maximum absolute atomic E-state index is 11.5. The summed E-state index contributed by atoms with van der Waals surface area (Å²) in [5.41, 5.74) is 0. The summed E-state index contributed by atoms with van der Waals surface area (Å²) in [6, 6.07) is 0.453. The van der Waals surface area contributed by atoms with E-state index in [1.807, 2.05) is 6.92 Å². The fraction of sp³-hybridized carbons (Fsp3) is 0.900. The largest absolute Gasteiger partial charge is 0.465 e. The predicted molar refractivity (Wildman–Crippen MR) is 59.6 cm³/mol. The molecule has 0 heterocycles. The molecule has 1 saturated carbocycles. The second-order valence-electron chi connectivity index (χ2n) is 3.41. The first kappa shape index (κ1) is 11.9. The molecule has 0 saturated heterocycles. The van der Waals surface area contributed by atoms with Crippen LogP contribution in [0.15, 0.2) is 0 Å². The first-order chi connectivity index (χ1) is 6.77. The van der Waals surface area contributed by atoms with Crippen molar-refractivity contribution in [1.29, 1.82) is 0 Å². The van der Waals surface area contributed by atoms with E-state index in [0.29, 0.717) is 12.6 Å². The minimum atomic E-state index is -0.104. The number of hydrogen-bond donors (Lipinski definition) is 1. The van der Waals surface area contributed by atoms with Crippen molar-refractivity contribution in [3.05, 3.63) is 0 Å². The lowest BCUT2D eigenvalue weighted by Crippen LogP contribution is -2.41. The lowest BCUT2D eigenvalue weighted by atomic mass is 10.3. The Hall–Kier alpha value is -0.220. The van der Waals surface area contributed by atoms with E-state index < -0.39 is 0 Å². The molecule has 82 valence electrons. The maximum Gasteiger partial charge on any atom is 0.323 e. The highest BCUT2D eigenvalue weighted by Gasteiger charge is 2.28. The van der Waals surface area contributed by atoms with E-state index in [1.54, 1.807) is 11.8 Å². The summed E-state index contributed by atoms with van der Waals surface area (Å²) in [6.45, 7) is 4.42. The number of carbonyl (C=O) groups excluding carboxylic acids is 1. The molecule has 0 aromatic carbocycles. The van der Waals surface area contributed by atoms with Crippen molar-refractivity contribution in [2.45, 2.75) is 38.8 Å². The van der Waals surface area contributed by atoms with Gasteiger partial charge in [-0.15, -0.1) is 0 Å². The van der Waals surface area contributed by atoms with Crippen LogP contribution >= 0.6 is 11.8 Å². The van der Waals surface area contributed by atoms with Crippen LogP contribution in [0.25, 0.3) is 0 Å². The van der Waals surface area contributed by atoms with E-state index in [4.69, 9.17) is 4.74 Å². The Kier molecular flexibility index (Phi) is 5.33. The van der Waals surface area contributed by atoms with Crippen molar-refractivity contribution in [2.75, 3.05) is 18.1 Å². The summed E-state index contributed by atoms with van der Waals surface area (Å²) in [5.74, 6) is 1.77. The number of esters is 1. The molecule has 14 heavy (non-hydrogen) atoms. The minimum absolute atomic E-state index is 0.0969. The van der Waals surface area contributed by atoms with Gasteiger partial charge in [-0.3, -0.25) is 4.79 Å². The SMILES string of the molecule is CCOC(=O)C(CSCC)NC1CC1. The number of thioether (sulfide) groups is 1. The second kappa shape index (κ2) is 6.30. The Morgan fingerprint density at radius 3 is 2.79 bits per heavy atom. The molecular weight excluding hydrogens is 198 g/mol. The van der Waals surface area contributed by atoms with Crippen LogP contribution in [0.3, 0.4) is 0 Å². The van der Waals surface area contributed by atoms with Gasteiger partial charge < -0.3 is 10.1 Å². The van der Waals surface area contributed by atoms with Crippen LogP contribution in [0.5, 0.6) is 0 Å². The van der Waals surface area contributed by atoms with Crippen LogP contribution in [-0.4, -0.2) is 36.2 Å². The van der Waals surface area contributed by atoms with Crippen molar-refractivity contribution in [2.24, 2.45) is 0 Å². The van der Waals surface area contributed by atoms with Gasteiger partial charge in [-0.1, -0.05) is 6.92 Å². The molecule has 1 aliphatic carbocycles. The van der Waals surface area contributed by atoms with Crippen LogP contribution < -0.4 is 5.32 Å². The van der Waals surface area contributed by atoms with E-state index in [2.05, 4.69) is 12.2 Å². The third-order valence-electron chi connectivity index (χ3n) is 2.07. The number of rotatable bonds is 7. The molecule has 1 aliphatic rings. The third kappa shape index (κ3) is 4.33. The highest BCUT2D eigenvalue weighted by atomic mass is 32.2. The van der Waals surface area contributed by atoms with E-state index in [9.17, 15) is 4.79 Å². The Morgan fingerprint density at radius 1 is 1.57 bits per heavy atom. The summed E-state index contributed by atoms with van der Waals surface area (Å²) < 4.78 is 5.01. The van der Waals surface area contributed by atoms with Crippen LogP contribution in [0.1, 0.15) is 26.7 Å². The molecule has 1 fully saturated rings. The zero-order valence-electron chi connectivity index (χ0n) is 8.91. The van der Waals surface area contributed by atoms with Gasteiger partial charge in [0.2, 0.25) is 0 Å². The standard InChI is InChI=1S/C10H19NO2S/c1-3-13-10(12)9(7-14-4-2)11-8-5-6-8/h8-9,11H,3-7H2,1-2H3. The normalized spacial score (nSPS) is 17.9. The third-order valence-corrected chi connectivity index (χ3v) is 3.05. The van der Waals surface area contributed by atoms with Crippen LogP contribution in [0.2, 0.25) is 0 Å². The molecule has 1 rings (SSSR count). The van der Waals surface area contributed by atoms with E-state index in [0.717, 1.165) is 11.5 Å². The Bertz CT molecular complexity index is 183. The minimum Gasteiger partial charge on any atom is -0.465 e. The molecule has 1 unspecified atom stereocenters. The fourth-order valence-corrected chi connectivity index (χ4v) is 1.90. The molecule has 0 aromatic rings. The second-order valence-corrected chi connectivity index (χ2v) is 4.72. The Balaban J connectivity index is 2.29. The topological polar surface area (TPSA) is 38.3 Å². The quantitative estimate of drug-likeness (QED) is 0.655. The lowest BCUT2D eigenvalue weighted by molar-refractivity contribution is -0.145. The van der Waals surface area contributed by atoms with Gasteiger partial charge in [0.1, 0.15) is 6.04 Å². The highest BCUT2D eigenvalue weighted by molar-refractivity contribution is 7.99. The van der Waals surface area contributed by atoms with Crippen molar-refractivity contribution >= 4 is 17.7 Å². The molecule has 0 aromatic heterocycles. The van der Waals surface area contributed by atoms with Crippen LogP contribution in [-0.2, 0) is 9.53 Å². The van der Waals surface area contributed by atoms with Crippen molar-refractivity contribution in [3.8, 4) is 0 Å². The number of ether oxygens (including phenoxy) is 1. The zero-order chi connectivity index (χ0) is 10.4. The fourth-order valence-electron chi connectivity index (χ4n) is 1.20. The number of nitrogens with one attached hydrogen (secondary N) is 1. The number of carbonyl (C=O) groups is 1. The molecule has 0 radical (unpaired) electrons. The molecule has 4 heteroatoms. The predicted octanol–water partition coefficient (Wildman–Crippen LogP) is 1.42. The Morgan fingerprint density at radius 2 is 2.29 bits per heavy atom. The highest BCUT2D eigenvalue weighted by Crippen LogP contribution is 2.20. The molecule has 0 spiro atoms. The molecule has 1 atom stereocenters. The van der Waals surface area contributed by atoms with Crippen LogP contribution in [0.4, 0.5) is 0 Å². The smallest absolute Gasteiger partial charge is 0.323 e. The summed E-state index contributed by atoms with van der Waals surface area (Å²) in [7, 11) is 0. The van der Waals surface area contributed by atoms with E-state index in [1.165, 1.54) is 12.8 Å². The van der Waals surface area contributed by atoms with Gasteiger partial charge in [-0.25, -0.2) is 0 Å². The van der Waals surface area contributed by atoms with E-state index >= 15 is 0 Å². The average molecular weight is 217 g/mol. The average Bonchev–Trinajstić information content (AvgIpc) is 2.96. The lowest BCUT2D eigenvalue weighted by Gasteiger charge is -2.15. The summed E-state index contributed by atoms with van der Waals surface area (Å²) >= 11 is 1.78. The summed E-state index contributed by atoms with van der Waals surface area (Å²) in [5, 5.41) is 3.31. The first-order valence-corrected chi connectivity index (χ1v) is 6.43. The van der Waals surface area contributed by atoms with Gasteiger partial charge in [0.25, 0.3) is 0 Å². The van der Waals surface area contributed by atoms with Crippen LogP contribution in [0, 0.1) is 0 Å². The monoisotopic (exact) mass is 217 g/mol. The maximum atomic E-state index is 11.5. The summed E-state index contributed by atoms with van der Waals surface area (Å²) in [6.07, 6.45) is 2.40. The molecule has 3 nitrogen and oxygen atoms in total. The molecule has 0 aliphatic heterocycles. The zero-order valence-corrected chi connectivity index (χ0v) is 9.73. The van der Waals surface area contributed by atoms with Gasteiger partial charge >= 0.3 is 5.97 Å². The molecular formula is C10H19NO2S. The van der Waals surface area contributed by atoms with Gasteiger partial charge in [0.15, 0.2) is 0 Å². The van der Waals surface area contributed by atoms with Crippen molar-refractivity contribution in [1.82, 2.24) is 5.32 Å². The van der Waals surface area contributed by atoms with Crippen molar-refractivity contribution in [3.63, 3.8) is 0 Å². The van der Waals surface area contributed by atoms with Gasteiger partial charge in [-0.2, -0.15) is 11.8 Å². The number of hydrogen-bond acceptors (Lipinski definition) is 4. The van der Waals surface area contributed by atoms with Gasteiger partial charge in [-0.05, 0) is 25.5 Å². The van der Waals surface area contributed by atoms with E-state index in [-0.39, 0.29) is 12.0 Å². The molecule has 1 N–H and O–H groups in total.